The summed E-state index contributed by atoms with van der Waals surface area (Å²) in [5, 5.41) is 0. The molecule has 2 aromatic carbocycles. The summed E-state index contributed by atoms with van der Waals surface area (Å²) in [6.45, 7) is 12.7. The Balaban J connectivity index is 1.91. The standard InChI is InChI=1S/C27H36O5Se/c1-7-31-25(28)19-8-10-20(11-9-19)33-24-17-22-21(26(2,3)12-13-27(22,4)5)16-23(24)32-18-30-15-14-29-6/h8-11,16-17H,7,12-15,18H2,1-6H3. The van der Waals surface area contributed by atoms with Crippen molar-refractivity contribution in [2.24, 2.45) is 0 Å². The Labute approximate surface area is 204 Å². The van der Waals surface area contributed by atoms with E-state index in [1.165, 1.54) is 20.1 Å². The second-order valence-corrected chi connectivity index (χ2v) is 12.0. The van der Waals surface area contributed by atoms with Crippen LogP contribution < -0.4 is 13.7 Å². The molecule has 2 aromatic rings. The van der Waals surface area contributed by atoms with Gasteiger partial charge in [-0.25, -0.2) is 0 Å². The number of carbonyl (C=O) groups is 1. The molecule has 0 bridgehead atoms. The van der Waals surface area contributed by atoms with E-state index in [0.29, 0.717) is 25.4 Å². The second kappa shape index (κ2) is 11.0. The fourth-order valence-electron chi connectivity index (χ4n) is 4.07. The normalized spacial score (nSPS) is 16.2. The summed E-state index contributed by atoms with van der Waals surface area (Å²) in [4.78, 5) is 12.0. The quantitative estimate of drug-likeness (QED) is 0.207. The van der Waals surface area contributed by atoms with E-state index in [9.17, 15) is 4.79 Å². The number of hydrogen-bond acceptors (Lipinski definition) is 5. The van der Waals surface area contributed by atoms with Gasteiger partial charge >= 0.3 is 204 Å². The molecule has 5 nitrogen and oxygen atoms in total. The molecule has 0 amide bonds. The first-order valence-corrected chi connectivity index (χ1v) is 13.2. The fraction of sp³-hybridized carbons (Fsp3) is 0.519. The number of ether oxygens (including phenoxy) is 4. The molecule has 0 saturated carbocycles. The van der Waals surface area contributed by atoms with E-state index in [2.05, 4.69) is 39.8 Å². The summed E-state index contributed by atoms with van der Waals surface area (Å²) in [7, 11) is 1.66. The van der Waals surface area contributed by atoms with Crippen molar-refractivity contribution in [1.82, 2.24) is 0 Å². The van der Waals surface area contributed by atoms with Crippen molar-refractivity contribution in [3.63, 3.8) is 0 Å². The molecular weight excluding hydrogens is 483 g/mol. The molecule has 0 saturated heterocycles. The van der Waals surface area contributed by atoms with E-state index in [1.807, 2.05) is 31.2 Å². The topological polar surface area (TPSA) is 54.0 Å². The molecule has 1 aliphatic carbocycles. The minimum atomic E-state index is -0.286. The summed E-state index contributed by atoms with van der Waals surface area (Å²) in [5.41, 5.74) is 3.57. The first-order valence-electron chi connectivity index (χ1n) is 11.5. The Bertz CT molecular complexity index is 950. The van der Waals surface area contributed by atoms with Gasteiger partial charge in [0.15, 0.2) is 0 Å². The fourth-order valence-corrected chi connectivity index (χ4v) is 6.01. The van der Waals surface area contributed by atoms with Crippen molar-refractivity contribution >= 4 is 29.8 Å². The van der Waals surface area contributed by atoms with Crippen molar-refractivity contribution in [3.8, 4) is 5.75 Å². The maximum atomic E-state index is 12.0. The van der Waals surface area contributed by atoms with Crippen LogP contribution in [-0.2, 0) is 25.0 Å². The first-order chi connectivity index (χ1) is 15.7. The van der Waals surface area contributed by atoms with E-state index in [-0.39, 0.29) is 38.5 Å². The number of methoxy groups -OCH3 is 1. The predicted molar refractivity (Wildman–Crippen MR) is 132 cm³/mol. The third-order valence-corrected chi connectivity index (χ3v) is 8.44. The molecule has 180 valence electrons. The zero-order valence-electron chi connectivity index (χ0n) is 20.7. The van der Waals surface area contributed by atoms with Gasteiger partial charge in [-0.15, -0.1) is 0 Å². The van der Waals surface area contributed by atoms with Crippen LogP contribution in [0.2, 0.25) is 0 Å². The van der Waals surface area contributed by atoms with Gasteiger partial charge in [0, 0.05) is 0 Å². The van der Waals surface area contributed by atoms with Gasteiger partial charge in [-0.3, -0.25) is 0 Å². The molecular formula is C27H36O5Se. The van der Waals surface area contributed by atoms with Gasteiger partial charge in [-0.2, -0.15) is 0 Å². The van der Waals surface area contributed by atoms with Crippen molar-refractivity contribution in [3.05, 3.63) is 53.1 Å². The average Bonchev–Trinajstić information content (AvgIpc) is 2.78. The van der Waals surface area contributed by atoms with Crippen LogP contribution in [0.15, 0.2) is 36.4 Å². The number of benzene rings is 2. The van der Waals surface area contributed by atoms with Crippen LogP contribution >= 0.6 is 0 Å². The van der Waals surface area contributed by atoms with Gasteiger partial charge in [0.05, 0.1) is 0 Å². The molecule has 0 radical (unpaired) electrons. The number of esters is 1. The molecule has 0 spiro atoms. The number of fused-ring (bicyclic) bond motifs is 1. The Hall–Kier alpha value is -1.85. The summed E-state index contributed by atoms with van der Waals surface area (Å²) < 4.78 is 24.3. The Morgan fingerprint density at radius 2 is 1.61 bits per heavy atom. The molecule has 0 fully saturated rings. The van der Waals surface area contributed by atoms with Gasteiger partial charge in [0.25, 0.3) is 0 Å². The third kappa shape index (κ3) is 6.39. The van der Waals surface area contributed by atoms with Crippen LogP contribution in [0.1, 0.15) is 68.9 Å². The van der Waals surface area contributed by atoms with E-state index < -0.39 is 0 Å². The molecule has 0 aromatic heterocycles. The van der Waals surface area contributed by atoms with E-state index in [4.69, 9.17) is 18.9 Å². The van der Waals surface area contributed by atoms with Crippen LogP contribution in [0.5, 0.6) is 5.75 Å². The Morgan fingerprint density at radius 1 is 0.970 bits per heavy atom. The van der Waals surface area contributed by atoms with E-state index in [1.54, 1.807) is 7.11 Å². The van der Waals surface area contributed by atoms with Crippen LogP contribution in [0.25, 0.3) is 0 Å². The Kier molecular flexibility index (Phi) is 8.63. The van der Waals surface area contributed by atoms with Crippen LogP contribution in [0, 0.1) is 0 Å². The van der Waals surface area contributed by atoms with Gasteiger partial charge in [0.1, 0.15) is 0 Å². The number of carbonyl (C=O) groups excluding carboxylic acids is 1. The molecule has 1 aliphatic rings. The minimum absolute atomic E-state index is 0.0156. The summed E-state index contributed by atoms with van der Waals surface area (Å²) in [5.74, 6) is 0.595. The number of rotatable bonds is 10. The molecule has 0 N–H and O–H groups in total. The predicted octanol–water partition coefficient (Wildman–Crippen LogP) is 3.87. The van der Waals surface area contributed by atoms with Crippen LogP contribution in [0.3, 0.4) is 0 Å². The number of hydrogen-bond donors (Lipinski definition) is 0. The summed E-state index contributed by atoms with van der Waals surface area (Å²) >= 11 is 0.0156. The van der Waals surface area contributed by atoms with Crippen molar-refractivity contribution in [2.45, 2.75) is 58.3 Å². The van der Waals surface area contributed by atoms with Gasteiger partial charge in [-0.05, 0) is 0 Å². The molecule has 3 rings (SSSR count). The van der Waals surface area contributed by atoms with Gasteiger partial charge in [-0.1, -0.05) is 0 Å². The molecule has 33 heavy (non-hydrogen) atoms. The van der Waals surface area contributed by atoms with E-state index >= 15 is 0 Å². The van der Waals surface area contributed by atoms with Gasteiger partial charge < -0.3 is 0 Å². The molecule has 0 heterocycles. The van der Waals surface area contributed by atoms with Crippen LogP contribution in [-0.4, -0.2) is 54.6 Å². The van der Waals surface area contributed by atoms with Crippen molar-refractivity contribution < 1.29 is 23.7 Å². The van der Waals surface area contributed by atoms with E-state index in [0.717, 1.165) is 18.6 Å². The molecule has 0 atom stereocenters. The zero-order valence-corrected chi connectivity index (χ0v) is 22.4. The first kappa shape index (κ1) is 25.8. The molecule has 0 unspecified atom stereocenters. The maximum absolute atomic E-state index is 12.0. The molecule has 6 heteroatoms. The third-order valence-electron chi connectivity index (χ3n) is 6.24. The van der Waals surface area contributed by atoms with Crippen LogP contribution in [0.4, 0.5) is 0 Å². The second-order valence-electron chi connectivity index (χ2n) is 9.62. The summed E-state index contributed by atoms with van der Waals surface area (Å²) in [6, 6.07) is 12.3. The Morgan fingerprint density at radius 3 is 2.21 bits per heavy atom. The average molecular weight is 520 g/mol. The monoisotopic (exact) mass is 520 g/mol. The zero-order chi connectivity index (χ0) is 24.1. The van der Waals surface area contributed by atoms with Crippen molar-refractivity contribution in [1.29, 1.82) is 0 Å². The summed E-state index contributed by atoms with van der Waals surface area (Å²) in [6.07, 6.45) is 2.31. The molecule has 0 aliphatic heterocycles. The van der Waals surface area contributed by atoms with Crippen molar-refractivity contribution in [2.75, 3.05) is 33.7 Å². The van der Waals surface area contributed by atoms with Gasteiger partial charge in [0.2, 0.25) is 0 Å². The SMILES string of the molecule is CCOC(=O)c1ccc([Se]c2cc3c(cc2OCOCCOC)C(C)(C)CCC3(C)C)cc1.